The van der Waals surface area contributed by atoms with E-state index in [1.165, 1.54) is 7.11 Å². The van der Waals surface area contributed by atoms with Gasteiger partial charge in [-0.2, -0.15) is 0 Å². The minimum Gasteiger partial charge on any atom is -0.466 e. The molecule has 2 aromatic carbocycles. The van der Waals surface area contributed by atoms with E-state index in [0.717, 1.165) is 27.9 Å². The van der Waals surface area contributed by atoms with Gasteiger partial charge in [-0.15, -0.1) is 0 Å². The van der Waals surface area contributed by atoms with Crippen molar-refractivity contribution < 1.29 is 14.3 Å². The third kappa shape index (κ3) is 4.54. The molecule has 0 aliphatic carbocycles. The quantitative estimate of drug-likeness (QED) is 0.643. The highest BCUT2D eigenvalue weighted by molar-refractivity contribution is 6.31. The van der Waals surface area contributed by atoms with E-state index in [4.69, 9.17) is 16.3 Å². The van der Waals surface area contributed by atoms with Crippen molar-refractivity contribution >= 4 is 29.3 Å². The molecule has 0 unspecified atom stereocenters. The van der Waals surface area contributed by atoms with Gasteiger partial charge >= 0.3 is 12.0 Å². The van der Waals surface area contributed by atoms with Gasteiger partial charge in [0, 0.05) is 10.7 Å². The largest absolute Gasteiger partial charge is 0.466 e. The zero-order valence-electron chi connectivity index (χ0n) is 16.9. The van der Waals surface area contributed by atoms with Crippen LogP contribution in [0.5, 0.6) is 0 Å². The van der Waals surface area contributed by atoms with Crippen LogP contribution < -0.4 is 16.0 Å². The number of amides is 2. The van der Waals surface area contributed by atoms with E-state index < -0.39 is 12.0 Å². The molecule has 7 heteroatoms. The number of esters is 1. The van der Waals surface area contributed by atoms with Crippen LogP contribution >= 0.6 is 11.6 Å². The minimum atomic E-state index is -0.602. The van der Waals surface area contributed by atoms with Crippen LogP contribution in [-0.4, -0.2) is 25.7 Å². The topological polar surface area (TPSA) is 79.5 Å². The number of aryl methyl sites for hydroxylation is 3. The molecule has 0 bridgehead atoms. The van der Waals surface area contributed by atoms with Gasteiger partial charge in [0.1, 0.15) is 0 Å². The van der Waals surface area contributed by atoms with E-state index >= 15 is 0 Å². The average molecular weight is 414 g/mol. The lowest BCUT2D eigenvalue weighted by Gasteiger charge is -2.30. The van der Waals surface area contributed by atoms with Crippen LogP contribution in [0, 0.1) is 20.8 Å². The molecule has 1 aliphatic rings. The van der Waals surface area contributed by atoms with Gasteiger partial charge in [-0.05, 0) is 49.6 Å². The summed E-state index contributed by atoms with van der Waals surface area (Å²) in [5.74, 6) is -0.498. The number of hydrogen-bond donors (Lipinski definition) is 3. The summed E-state index contributed by atoms with van der Waals surface area (Å²) in [6.07, 6.45) is 0. The molecule has 1 atom stereocenters. The van der Waals surface area contributed by atoms with Crippen LogP contribution in [0.25, 0.3) is 0 Å². The Labute approximate surface area is 175 Å². The number of carbonyl (C=O) groups excluding carboxylic acids is 2. The third-order valence-corrected chi connectivity index (χ3v) is 5.35. The highest BCUT2D eigenvalue weighted by Crippen LogP contribution is 2.30. The fourth-order valence-corrected chi connectivity index (χ4v) is 3.49. The first kappa shape index (κ1) is 20.7. The summed E-state index contributed by atoms with van der Waals surface area (Å²) in [5.41, 5.74) is 5.45. The number of carbonyl (C=O) groups is 2. The Bertz CT molecular complexity index is 1000. The molecule has 0 radical (unpaired) electrons. The van der Waals surface area contributed by atoms with E-state index in [1.54, 1.807) is 6.07 Å². The Kier molecular flexibility index (Phi) is 6.13. The smallest absolute Gasteiger partial charge is 0.338 e. The van der Waals surface area contributed by atoms with Gasteiger partial charge in [0.2, 0.25) is 0 Å². The van der Waals surface area contributed by atoms with Gasteiger partial charge in [-0.1, -0.05) is 41.4 Å². The maximum atomic E-state index is 12.7. The lowest BCUT2D eigenvalue weighted by Crippen LogP contribution is -2.47. The van der Waals surface area contributed by atoms with E-state index in [0.29, 0.717) is 16.3 Å². The maximum absolute atomic E-state index is 12.7. The number of halogens is 1. The van der Waals surface area contributed by atoms with Crippen LogP contribution in [-0.2, 0) is 9.53 Å². The molecule has 6 nitrogen and oxygen atoms in total. The Morgan fingerprint density at radius 1 is 1.14 bits per heavy atom. The van der Waals surface area contributed by atoms with Crippen LogP contribution in [0.3, 0.4) is 0 Å². The molecule has 1 aliphatic heterocycles. The fourth-order valence-electron chi connectivity index (χ4n) is 3.31. The second-order valence-electron chi connectivity index (χ2n) is 7.09. The van der Waals surface area contributed by atoms with Crippen molar-refractivity contribution in [2.75, 3.05) is 19.0 Å². The molecular weight excluding hydrogens is 390 g/mol. The van der Waals surface area contributed by atoms with Crippen molar-refractivity contribution in [1.82, 2.24) is 10.6 Å². The molecule has 0 saturated carbocycles. The summed E-state index contributed by atoms with van der Waals surface area (Å²) in [4.78, 5) is 25.0. The van der Waals surface area contributed by atoms with E-state index in [-0.39, 0.29) is 12.6 Å². The number of nitrogens with one attached hydrogen (secondary N) is 3. The molecule has 0 spiro atoms. The van der Waals surface area contributed by atoms with E-state index in [2.05, 4.69) is 16.0 Å². The zero-order valence-corrected chi connectivity index (χ0v) is 17.6. The van der Waals surface area contributed by atoms with E-state index in [9.17, 15) is 9.59 Å². The molecule has 0 fully saturated rings. The highest BCUT2D eigenvalue weighted by atomic mass is 35.5. The molecule has 152 valence electrons. The highest BCUT2D eigenvalue weighted by Gasteiger charge is 2.34. The molecule has 29 heavy (non-hydrogen) atoms. The van der Waals surface area contributed by atoms with Crippen molar-refractivity contribution in [2.45, 2.75) is 26.8 Å². The summed E-state index contributed by atoms with van der Waals surface area (Å²) in [6.45, 7) is 6.07. The number of rotatable bonds is 5. The van der Waals surface area contributed by atoms with Gasteiger partial charge < -0.3 is 20.7 Å². The monoisotopic (exact) mass is 413 g/mol. The van der Waals surface area contributed by atoms with Gasteiger partial charge in [-0.25, -0.2) is 9.59 Å². The SMILES string of the molecule is COC(=O)C1=C(CNc2ccc(C)c(Cl)c2)NC(=O)N[C@@H]1c1cc(C)ccc1C. The molecular formula is C22H24ClN3O3. The predicted molar refractivity (Wildman–Crippen MR) is 114 cm³/mol. The second kappa shape index (κ2) is 8.57. The summed E-state index contributed by atoms with van der Waals surface area (Å²) >= 11 is 6.19. The van der Waals surface area contributed by atoms with Gasteiger partial charge in [-0.3, -0.25) is 0 Å². The summed E-state index contributed by atoms with van der Waals surface area (Å²) in [7, 11) is 1.33. The lowest BCUT2D eigenvalue weighted by atomic mass is 9.91. The number of methoxy groups -OCH3 is 1. The van der Waals surface area contributed by atoms with Crippen molar-refractivity contribution in [3.8, 4) is 0 Å². The van der Waals surface area contributed by atoms with Crippen LogP contribution in [0.15, 0.2) is 47.7 Å². The van der Waals surface area contributed by atoms with Crippen LogP contribution in [0.4, 0.5) is 10.5 Å². The first-order chi connectivity index (χ1) is 13.8. The Morgan fingerprint density at radius 2 is 1.86 bits per heavy atom. The van der Waals surface area contributed by atoms with Crippen molar-refractivity contribution in [1.29, 1.82) is 0 Å². The van der Waals surface area contributed by atoms with Crippen molar-refractivity contribution in [3.63, 3.8) is 0 Å². The molecule has 2 aromatic rings. The van der Waals surface area contributed by atoms with Crippen LogP contribution in [0.1, 0.15) is 28.3 Å². The number of anilines is 1. The normalized spacial score (nSPS) is 16.2. The van der Waals surface area contributed by atoms with Crippen LogP contribution in [0.2, 0.25) is 5.02 Å². The average Bonchev–Trinajstić information content (AvgIpc) is 2.69. The Hall–Kier alpha value is -2.99. The lowest BCUT2D eigenvalue weighted by molar-refractivity contribution is -0.136. The number of ether oxygens (including phenoxy) is 1. The van der Waals surface area contributed by atoms with Gasteiger partial charge in [0.25, 0.3) is 0 Å². The zero-order chi connectivity index (χ0) is 21.1. The minimum absolute atomic E-state index is 0.235. The second-order valence-corrected chi connectivity index (χ2v) is 7.50. The summed E-state index contributed by atoms with van der Waals surface area (Å²) < 4.78 is 5.03. The molecule has 0 saturated heterocycles. The maximum Gasteiger partial charge on any atom is 0.338 e. The Morgan fingerprint density at radius 3 is 2.55 bits per heavy atom. The number of hydrogen-bond acceptors (Lipinski definition) is 4. The Balaban J connectivity index is 2.00. The van der Waals surface area contributed by atoms with Crippen molar-refractivity contribution in [3.05, 3.63) is 74.9 Å². The predicted octanol–water partition coefficient (Wildman–Crippen LogP) is 4.16. The fraction of sp³-hybridized carbons (Fsp3) is 0.273. The van der Waals surface area contributed by atoms with E-state index in [1.807, 2.05) is 51.1 Å². The molecule has 2 amide bonds. The molecule has 3 N–H and O–H groups in total. The van der Waals surface area contributed by atoms with Gasteiger partial charge in [0.05, 0.1) is 31.0 Å². The third-order valence-electron chi connectivity index (χ3n) is 4.95. The first-order valence-electron chi connectivity index (χ1n) is 9.26. The first-order valence-corrected chi connectivity index (χ1v) is 9.64. The van der Waals surface area contributed by atoms with Crippen molar-refractivity contribution in [2.24, 2.45) is 0 Å². The summed E-state index contributed by atoms with van der Waals surface area (Å²) in [5, 5.41) is 9.45. The van der Waals surface area contributed by atoms with Gasteiger partial charge in [0.15, 0.2) is 0 Å². The number of benzene rings is 2. The molecule has 0 aromatic heterocycles. The molecule has 3 rings (SSSR count). The summed E-state index contributed by atoms with van der Waals surface area (Å²) in [6, 6.07) is 10.6. The number of urea groups is 1. The molecule has 1 heterocycles. The standard InChI is InChI=1S/C22H24ClN3O3/c1-12-5-6-13(2)16(9-12)20-19(21(27)29-4)18(25-22(28)26-20)11-24-15-8-7-14(3)17(23)10-15/h5-10,20,24H,11H2,1-4H3,(H2,25,26,28)/t20-/m1/s1.